The molecule has 3 aromatic rings. The number of anilines is 2. The molecule has 7 heteroatoms. The average molecular weight is 421 g/mol. The normalized spacial score (nSPS) is 12.8. The summed E-state index contributed by atoms with van der Waals surface area (Å²) in [5.41, 5.74) is 4.66. The SMILES string of the molecule is CC(=O)N(c1ccccc1)c1nc(CSc2nc3c(cc2C#N)CCCC3)cs1. The minimum absolute atomic E-state index is 0.0760. The summed E-state index contributed by atoms with van der Waals surface area (Å²) in [6.45, 7) is 1.54. The monoisotopic (exact) mass is 420 g/mol. The van der Waals surface area contributed by atoms with Gasteiger partial charge in [-0.1, -0.05) is 30.0 Å². The van der Waals surface area contributed by atoms with Crippen LogP contribution in [0.2, 0.25) is 0 Å². The summed E-state index contributed by atoms with van der Waals surface area (Å²) in [6, 6.07) is 13.8. The van der Waals surface area contributed by atoms with Crippen molar-refractivity contribution in [2.45, 2.75) is 43.4 Å². The number of benzene rings is 1. The number of nitriles is 1. The molecule has 1 aliphatic carbocycles. The minimum Gasteiger partial charge on any atom is -0.274 e. The molecule has 2 heterocycles. The van der Waals surface area contributed by atoms with Crippen LogP contribution >= 0.6 is 23.1 Å². The number of carbonyl (C=O) groups is 1. The van der Waals surface area contributed by atoms with Gasteiger partial charge in [0.05, 0.1) is 16.9 Å². The lowest BCUT2D eigenvalue weighted by atomic mass is 9.95. The van der Waals surface area contributed by atoms with E-state index < -0.39 is 0 Å². The molecule has 0 unspecified atom stereocenters. The third kappa shape index (κ3) is 4.34. The van der Waals surface area contributed by atoms with Crippen molar-refractivity contribution in [1.82, 2.24) is 9.97 Å². The second-order valence-corrected chi connectivity index (χ2v) is 8.67. The number of hydrogen-bond acceptors (Lipinski definition) is 6. The molecule has 0 fully saturated rings. The third-order valence-corrected chi connectivity index (χ3v) is 6.70. The Morgan fingerprint density at radius 2 is 2.03 bits per heavy atom. The lowest BCUT2D eigenvalue weighted by molar-refractivity contribution is -0.115. The first-order valence-corrected chi connectivity index (χ1v) is 11.4. The Balaban J connectivity index is 1.53. The molecule has 0 atom stereocenters. The van der Waals surface area contributed by atoms with Gasteiger partial charge in [0.1, 0.15) is 11.1 Å². The van der Waals surface area contributed by atoms with Crippen molar-refractivity contribution in [2.24, 2.45) is 0 Å². The summed E-state index contributed by atoms with van der Waals surface area (Å²) in [7, 11) is 0. The van der Waals surface area contributed by atoms with Crippen molar-refractivity contribution in [3.8, 4) is 6.07 Å². The van der Waals surface area contributed by atoms with Crippen molar-refractivity contribution in [1.29, 1.82) is 5.26 Å². The third-order valence-electron chi connectivity index (χ3n) is 4.80. The molecule has 0 spiro atoms. The number of aromatic nitrogens is 2. The summed E-state index contributed by atoms with van der Waals surface area (Å²) in [5.74, 6) is 0.533. The number of hydrogen-bond donors (Lipinski definition) is 0. The maximum Gasteiger partial charge on any atom is 0.230 e. The fourth-order valence-electron chi connectivity index (χ4n) is 3.42. The van der Waals surface area contributed by atoms with Gasteiger partial charge in [-0.05, 0) is 49.4 Å². The molecular formula is C22H20N4OS2. The Labute approximate surface area is 178 Å². The van der Waals surface area contributed by atoms with Crippen molar-refractivity contribution >= 4 is 39.8 Å². The number of aryl methyl sites for hydroxylation is 2. The van der Waals surface area contributed by atoms with Gasteiger partial charge in [0.15, 0.2) is 5.13 Å². The zero-order chi connectivity index (χ0) is 20.2. The van der Waals surface area contributed by atoms with E-state index in [1.807, 2.05) is 41.8 Å². The standard InChI is InChI=1S/C22H20N4OS2/c1-15(27)26(19-8-3-2-4-9-19)22-24-18(14-29-22)13-28-21-17(12-23)11-16-7-5-6-10-20(16)25-21/h2-4,8-9,11,14H,5-7,10,13H2,1H3. The van der Waals surface area contributed by atoms with Gasteiger partial charge in [0.25, 0.3) is 0 Å². The summed E-state index contributed by atoms with van der Waals surface area (Å²) in [5, 5.41) is 12.9. The topological polar surface area (TPSA) is 69.9 Å². The number of para-hydroxylation sites is 1. The first-order valence-electron chi connectivity index (χ1n) is 9.51. The molecule has 0 aliphatic heterocycles. The number of rotatable bonds is 5. The van der Waals surface area contributed by atoms with E-state index in [4.69, 9.17) is 4.98 Å². The van der Waals surface area contributed by atoms with Gasteiger partial charge < -0.3 is 0 Å². The van der Waals surface area contributed by atoms with E-state index in [2.05, 4.69) is 11.1 Å². The number of amides is 1. The predicted octanol–water partition coefficient (Wildman–Crippen LogP) is 5.27. The van der Waals surface area contributed by atoms with E-state index in [1.54, 1.807) is 11.8 Å². The Kier molecular flexibility index (Phi) is 5.93. The summed E-state index contributed by atoms with van der Waals surface area (Å²) < 4.78 is 0. The van der Waals surface area contributed by atoms with Crippen LogP contribution in [-0.2, 0) is 23.4 Å². The highest BCUT2D eigenvalue weighted by molar-refractivity contribution is 7.98. The second kappa shape index (κ2) is 8.76. The highest BCUT2D eigenvalue weighted by atomic mass is 32.2. The van der Waals surface area contributed by atoms with Gasteiger partial charge in [-0.2, -0.15) is 5.26 Å². The second-order valence-electron chi connectivity index (χ2n) is 6.87. The van der Waals surface area contributed by atoms with Crippen molar-refractivity contribution in [2.75, 3.05) is 4.90 Å². The largest absolute Gasteiger partial charge is 0.274 e. The molecule has 1 aromatic carbocycles. The zero-order valence-corrected chi connectivity index (χ0v) is 17.7. The quantitative estimate of drug-likeness (QED) is 0.526. The molecule has 2 aromatic heterocycles. The summed E-state index contributed by atoms with van der Waals surface area (Å²) >= 11 is 2.98. The number of pyridine rings is 1. The maximum absolute atomic E-state index is 12.2. The molecule has 5 nitrogen and oxygen atoms in total. The van der Waals surface area contributed by atoms with Gasteiger partial charge in [-0.25, -0.2) is 9.97 Å². The van der Waals surface area contributed by atoms with Gasteiger partial charge in [0, 0.05) is 23.8 Å². The molecule has 0 N–H and O–H groups in total. The summed E-state index contributed by atoms with van der Waals surface area (Å²) in [4.78, 5) is 23.2. The Bertz CT molecular complexity index is 1070. The molecule has 0 bridgehead atoms. The number of nitrogens with zero attached hydrogens (tertiary/aromatic N) is 4. The van der Waals surface area contributed by atoms with Gasteiger partial charge in [-0.3, -0.25) is 9.69 Å². The zero-order valence-electron chi connectivity index (χ0n) is 16.1. The predicted molar refractivity (Wildman–Crippen MR) is 117 cm³/mol. The average Bonchev–Trinajstić information content (AvgIpc) is 3.20. The van der Waals surface area contributed by atoms with Crippen LogP contribution in [0.25, 0.3) is 0 Å². The number of thioether (sulfide) groups is 1. The van der Waals surface area contributed by atoms with E-state index in [0.29, 0.717) is 16.4 Å². The molecular weight excluding hydrogens is 400 g/mol. The van der Waals surface area contributed by atoms with E-state index >= 15 is 0 Å². The van der Waals surface area contributed by atoms with Crippen molar-refractivity contribution < 1.29 is 4.79 Å². The first-order chi connectivity index (χ1) is 14.2. The van der Waals surface area contributed by atoms with E-state index in [9.17, 15) is 10.1 Å². The fourth-order valence-corrected chi connectivity index (χ4v) is 5.28. The summed E-state index contributed by atoms with van der Waals surface area (Å²) in [6.07, 6.45) is 4.32. The van der Waals surface area contributed by atoms with Crippen LogP contribution < -0.4 is 4.90 Å². The van der Waals surface area contributed by atoms with E-state index in [-0.39, 0.29) is 5.91 Å². The molecule has 0 radical (unpaired) electrons. The maximum atomic E-state index is 12.2. The molecule has 146 valence electrons. The van der Waals surface area contributed by atoms with E-state index in [1.165, 1.54) is 35.1 Å². The first kappa shape index (κ1) is 19.6. The van der Waals surface area contributed by atoms with Crippen LogP contribution in [0.15, 0.2) is 46.8 Å². The molecule has 1 aliphatic rings. The molecule has 1 amide bonds. The molecule has 0 saturated carbocycles. The van der Waals surface area contributed by atoms with Crippen molar-refractivity contribution in [3.63, 3.8) is 0 Å². The lowest BCUT2D eigenvalue weighted by Crippen LogP contribution is -2.22. The smallest absolute Gasteiger partial charge is 0.230 e. The van der Waals surface area contributed by atoms with Crippen molar-refractivity contribution in [3.05, 3.63) is 64.3 Å². The molecule has 29 heavy (non-hydrogen) atoms. The minimum atomic E-state index is -0.0760. The van der Waals surface area contributed by atoms with Crippen LogP contribution in [0.5, 0.6) is 0 Å². The Morgan fingerprint density at radius 1 is 1.24 bits per heavy atom. The lowest BCUT2D eigenvalue weighted by Gasteiger charge is -2.17. The van der Waals surface area contributed by atoms with Crippen LogP contribution in [0.3, 0.4) is 0 Å². The number of fused-ring (bicyclic) bond motifs is 1. The van der Waals surface area contributed by atoms with Crippen LogP contribution in [0.4, 0.5) is 10.8 Å². The molecule has 4 rings (SSSR count). The van der Waals surface area contributed by atoms with E-state index in [0.717, 1.165) is 41.4 Å². The molecule has 0 saturated heterocycles. The fraction of sp³-hybridized carbons (Fsp3) is 0.273. The number of thiazole rings is 1. The van der Waals surface area contributed by atoms with Gasteiger partial charge in [0.2, 0.25) is 5.91 Å². The Morgan fingerprint density at radius 3 is 2.79 bits per heavy atom. The van der Waals surface area contributed by atoms with Gasteiger partial charge in [-0.15, -0.1) is 11.3 Å². The highest BCUT2D eigenvalue weighted by Gasteiger charge is 2.19. The van der Waals surface area contributed by atoms with Gasteiger partial charge >= 0.3 is 0 Å². The van der Waals surface area contributed by atoms with Crippen LogP contribution in [-0.4, -0.2) is 15.9 Å². The highest BCUT2D eigenvalue weighted by Crippen LogP contribution is 2.32. The Hall–Kier alpha value is -2.69. The van der Waals surface area contributed by atoms with Crippen LogP contribution in [0.1, 0.15) is 42.3 Å². The van der Waals surface area contributed by atoms with Crippen LogP contribution in [0, 0.1) is 11.3 Å². The number of carbonyl (C=O) groups excluding carboxylic acids is 1.